The quantitative estimate of drug-likeness (QED) is 0.164. The molecular weight excluding hydrogens is 679 g/mol. The van der Waals surface area contributed by atoms with Crippen molar-refractivity contribution in [1.82, 2.24) is 14.0 Å². The molecule has 0 unspecified atom stereocenters. The fourth-order valence-electron chi connectivity index (χ4n) is 8.29. The summed E-state index contributed by atoms with van der Waals surface area (Å²) >= 11 is 0. The number of rotatable bonds is 8. The molecule has 0 bridgehead atoms. The molecule has 7 aromatic carbocycles. The smallest absolute Gasteiger partial charge is 0.147 e. The minimum absolute atomic E-state index is 0.158. The van der Waals surface area contributed by atoms with Crippen molar-refractivity contribution < 1.29 is 14.9 Å². The van der Waals surface area contributed by atoms with Gasteiger partial charge in [0.25, 0.3) is 0 Å². The predicted molar refractivity (Wildman–Crippen MR) is 228 cm³/mol. The largest absolute Gasteiger partial charge is 0.505 e. The molecule has 0 saturated heterocycles. The zero-order valence-electron chi connectivity index (χ0n) is 31.8. The van der Waals surface area contributed by atoms with E-state index in [1.807, 2.05) is 62.6 Å². The lowest BCUT2D eigenvalue weighted by atomic mass is 9.91. The summed E-state index contributed by atoms with van der Waals surface area (Å²) in [4.78, 5) is 2.09. The molecule has 0 spiro atoms. The number of hydrogen-bond acceptors (Lipinski definition) is 4. The minimum Gasteiger partial charge on any atom is -0.505 e. The number of phenols is 2. The van der Waals surface area contributed by atoms with Gasteiger partial charge in [-0.1, -0.05) is 72.8 Å². The third kappa shape index (κ3) is 5.69. The van der Waals surface area contributed by atoms with Gasteiger partial charge in [0.15, 0.2) is 0 Å². The lowest BCUT2D eigenvalue weighted by Gasteiger charge is -2.22. The molecule has 2 N–H and O–H groups in total. The van der Waals surface area contributed by atoms with E-state index in [2.05, 4.69) is 120 Å². The zero-order chi connectivity index (χ0) is 38.0. The Morgan fingerprint density at radius 3 is 1.16 bits per heavy atom. The molecule has 9 rings (SSSR count). The highest BCUT2D eigenvalue weighted by Crippen LogP contribution is 2.49. The molecule has 0 saturated carbocycles. The van der Waals surface area contributed by atoms with Gasteiger partial charge in [-0.2, -0.15) is 0 Å². The standard InChI is InChI=1S/C49H43N3O3/c1-30-26-39(37-24-31(2)28-45(47(37)53)51-41-18-10-6-14-33(41)34-15-7-11-19-42(34)51)49(55-23-22-50(4)5)40(27-30)38-25-32(3)29-46(48(38)54)52-43-20-12-8-16-35(43)36-17-9-13-21-44(36)52/h6-21,24-29,53-54H,22-23H2,1-5H3. The van der Waals surface area contributed by atoms with Crippen molar-refractivity contribution in [2.75, 3.05) is 27.2 Å². The van der Waals surface area contributed by atoms with Crippen molar-refractivity contribution in [3.8, 4) is 50.9 Å². The van der Waals surface area contributed by atoms with Gasteiger partial charge in [0, 0.05) is 50.3 Å². The van der Waals surface area contributed by atoms with E-state index in [0.717, 1.165) is 71.4 Å². The minimum atomic E-state index is 0.158. The van der Waals surface area contributed by atoms with Crippen molar-refractivity contribution in [2.24, 2.45) is 0 Å². The van der Waals surface area contributed by atoms with Crippen LogP contribution in [0, 0.1) is 20.8 Å². The Balaban J connectivity index is 1.30. The summed E-state index contributed by atoms with van der Waals surface area (Å²) < 4.78 is 11.1. The summed E-state index contributed by atoms with van der Waals surface area (Å²) in [6, 6.07) is 45.6. The van der Waals surface area contributed by atoms with E-state index in [-0.39, 0.29) is 11.5 Å². The van der Waals surface area contributed by atoms with Gasteiger partial charge < -0.3 is 29.0 Å². The van der Waals surface area contributed by atoms with Gasteiger partial charge in [0.2, 0.25) is 0 Å². The lowest BCUT2D eigenvalue weighted by Crippen LogP contribution is -2.19. The molecule has 0 aliphatic rings. The summed E-state index contributed by atoms with van der Waals surface area (Å²) in [5.74, 6) is 0.923. The van der Waals surface area contributed by atoms with Crippen molar-refractivity contribution in [3.05, 3.63) is 150 Å². The van der Waals surface area contributed by atoms with Crippen molar-refractivity contribution in [3.63, 3.8) is 0 Å². The average molecular weight is 722 g/mol. The number of benzene rings is 7. The molecule has 0 radical (unpaired) electrons. The molecule has 2 aromatic heterocycles. The van der Waals surface area contributed by atoms with E-state index in [4.69, 9.17) is 4.74 Å². The molecule has 6 heteroatoms. The van der Waals surface area contributed by atoms with Crippen LogP contribution >= 0.6 is 0 Å². The molecule has 272 valence electrons. The van der Waals surface area contributed by atoms with Crippen LogP contribution in [0.1, 0.15) is 16.7 Å². The Hall–Kier alpha value is -6.50. The maximum absolute atomic E-state index is 12.5. The number of likely N-dealkylation sites (N-methyl/N-ethyl adjacent to an activating group) is 1. The summed E-state index contributed by atoms with van der Waals surface area (Å²) in [6.45, 7) is 7.28. The van der Waals surface area contributed by atoms with Crippen molar-refractivity contribution >= 4 is 43.6 Å². The number of para-hydroxylation sites is 4. The summed E-state index contributed by atoms with van der Waals surface area (Å²) in [5.41, 5.74) is 11.3. The Kier molecular flexibility index (Phi) is 8.36. The molecule has 0 fully saturated rings. The van der Waals surface area contributed by atoms with Crippen molar-refractivity contribution in [2.45, 2.75) is 20.8 Å². The van der Waals surface area contributed by atoms with Gasteiger partial charge in [0.1, 0.15) is 23.9 Å². The number of hydrogen-bond donors (Lipinski definition) is 2. The maximum Gasteiger partial charge on any atom is 0.147 e. The van der Waals surface area contributed by atoms with Gasteiger partial charge in [0.05, 0.1) is 33.4 Å². The molecule has 0 aliphatic carbocycles. The maximum atomic E-state index is 12.5. The Bertz CT molecular complexity index is 2650. The highest BCUT2D eigenvalue weighted by Gasteiger charge is 2.25. The molecule has 0 amide bonds. The average Bonchev–Trinajstić information content (AvgIpc) is 3.70. The number of aromatic hydroxyl groups is 2. The van der Waals surface area contributed by atoms with E-state index in [1.54, 1.807) is 0 Å². The van der Waals surface area contributed by atoms with Gasteiger partial charge in [-0.15, -0.1) is 0 Å². The second-order valence-corrected chi connectivity index (χ2v) is 14.9. The normalized spacial score (nSPS) is 11.8. The van der Waals surface area contributed by atoms with Gasteiger partial charge in [-0.3, -0.25) is 0 Å². The first-order valence-corrected chi connectivity index (χ1v) is 18.8. The van der Waals surface area contributed by atoms with E-state index >= 15 is 0 Å². The topological polar surface area (TPSA) is 62.8 Å². The van der Waals surface area contributed by atoms with Crippen LogP contribution in [0.4, 0.5) is 0 Å². The van der Waals surface area contributed by atoms with Crippen LogP contribution in [-0.4, -0.2) is 51.5 Å². The van der Waals surface area contributed by atoms with Gasteiger partial charge in [-0.25, -0.2) is 0 Å². The molecule has 9 aromatic rings. The predicted octanol–water partition coefficient (Wildman–Crippen LogP) is 11.5. The van der Waals surface area contributed by atoms with Crippen LogP contribution in [-0.2, 0) is 0 Å². The van der Waals surface area contributed by atoms with Crippen LogP contribution < -0.4 is 4.74 Å². The highest BCUT2D eigenvalue weighted by atomic mass is 16.5. The number of phenolic OH excluding ortho intramolecular Hbond substituents is 2. The molecule has 55 heavy (non-hydrogen) atoms. The zero-order valence-corrected chi connectivity index (χ0v) is 31.8. The third-order valence-electron chi connectivity index (χ3n) is 10.7. The molecule has 6 nitrogen and oxygen atoms in total. The lowest BCUT2D eigenvalue weighted by molar-refractivity contribution is 0.263. The second kappa shape index (κ2) is 13.4. The van der Waals surface area contributed by atoms with E-state index in [0.29, 0.717) is 41.4 Å². The van der Waals surface area contributed by atoms with Crippen LogP contribution in [0.5, 0.6) is 17.2 Å². The van der Waals surface area contributed by atoms with Crippen LogP contribution in [0.2, 0.25) is 0 Å². The summed E-state index contributed by atoms with van der Waals surface area (Å²) in [7, 11) is 4.05. The van der Waals surface area contributed by atoms with Crippen LogP contribution in [0.15, 0.2) is 133 Å². The van der Waals surface area contributed by atoms with E-state index in [1.165, 1.54) is 0 Å². The molecule has 2 heterocycles. The van der Waals surface area contributed by atoms with Gasteiger partial charge in [-0.05, 0) is 112 Å². The number of aromatic nitrogens is 2. The Labute approximate surface area is 320 Å². The van der Waals surface area contributed by atoms with Crippen molar-refractivity contribution in [1.29, 1.82) is 0 Å². The third-order valence-corrected chi connectivity index (χ3v) is 10.7. The van der Waals surface area contributed by atoms with E-state index < -0.39 is 0 Å². The molecule has 0 aliphatic heterocycles. The van der Waals surface area contributed by atoms with Gasteiger partial charge >= 0.3 is 0 Å². The first-order chi connectivity index (χ1) is 26.7. The number of nitrogens with zero attached hydrogens (tertiary/aromatic N) is 3. The highest BCUT2D eigenvalue weighted by molar-refractivity contribution is 6.11. The van der Waals surface area contributed by atoms with Crippen LogP contribution in [0.3, 0.4) is 0 Å². The summed E-state index contributed by atoms with van der Waals surface area (Å²) in [6.07, 6.45) is 0. The summed E-state index contributed by atoms with van der Waals surface area (Å²) in [5, 5.41) is 29.5. The van der Waals surface area contributed by atoms with E-state index in [9.17, 15) is 10.2 Å². The fraction of sp³-hybridized carbons (Fsp3) is 0.143. The monoisotopic (exact) mass is 721 g/mol. The number of ether oxygens (including phenoxy) is 1. The second-order valence-electron chi connectivity index (χ2n) is 14.9. The first kappa shape index (κ1) is 34.3. The molecule has 0 atom stereocenters. The number of fused-ring (bicyclic) bond motifs is 6. The Morgan fingerprint density at radius 2 is 0.800 bits per heavy atom. The van der Waals surface area contributed by atoms with Crippen LogP contribution in [0.25, 0.3) is 77.2 Å². The Morgan fingerprint density at radius 1 is 0.473 bits per heavy atom. The number of aryl methyl sites for hydroxylation is 3. The SMILES string of the molecule is Cc1cc(-c2cc(C)cc(-n3c4ccccc4c4ccccc43)c2O)c(OCCN(C)C)c(-c2cc(C)cc(-n3c4ccccc4c4ccccc43)c2O)c1. The fourth-order valence-corrected chi connectivity index (χ4v) is 8.29. The first-order valence-electron chi connectivity index (χ1n) is 18.8. The molecular formula is C49H43N3O3.